The van der Waals surface area contributed by atoms with Crippen LogP contribution in [0.25, 0.3) is 0 Å². The molecule has 0 spiro atoms. The molecule has 2 aromatic carbocycles. The van der Waals surface area contributed by atoms with Crippen LogP contribution < -0.4 is 19.6 Å². The van der Waals surface area contributed by atoms with Crippen LogP contribution in [0.4, 0.5) is 9.18 Å². The highest BCUT2D eigenvalue weighted by molar-refractivity contribution is 5.82. The number of ether oxygens (including phenoxy) is 4. The molecule has 0 radical (unpaired) electrons. The third kappa shape index (κ3) is 6.85. The lowest BCUT2D eigenvalue weighted by Gasteiger charge is -2.13. The smallest absolute Gasteiger partial charge is 0.427 e. The van der Waals surface area contributed by atoms with Crippen LogP contribution in [0.15, 0.2) is 47.6 Å². The highest BCUT2D eigenvalue weighted by Crippen LogP contribution is 2.28. The third-order valence-electron chi connectivity index (χ3n) is 3.25. The predicted molar refractivity (Wildman–Crippen MR) is 98.1 cm³/mol. The van der Waals surface area contributed by atoms with Crippen LogP contribution in [0.5, 0.6) is 17.2 Å². The molecule has 0 aliphatic heterocycles. The minimum absolute atomic E-state index is 0.286. The lowest BCUT2D eigenvalue weighted by molar-refractivity contribution is 0.171. The normalized spacial score (nSPS) is 10.5. The average Bonchev–Trinajstić information content (AvgIpc) is 2.68. The van der Waals surface area contributed by atoms with Gasteiger partial charge in [0.15, 0.2) is 11.5 Å². The summed E-state index contributed by atoms with van der Waals surface area (Å²) in [6.45, 7) is 2.91. The van der Waals surface area contributed by atoms with Gasteiger partial charge in [-0.25, -0.2) is 14.6 Å². The number of nitrogens with one attached hydrogen (secondary N) is 1. The van der Waals surface area contributed by atoms with Crippen molar-refractivity contribution in [1.82, 2.24) is 5.43 Å². The highest BCUT2D eigenvalue weighted by Gasteiger charge is 2.06. The van der Waals surface area contributed by atoms with E-state index in [1.807, 2.05) is 6.92 Å². The molecule has 1 N–H and O–H groups in total. The molecule has 144 valence electrons. The fraction of sp³-hybridized carbons (Fsp3) is 0.263. The maximum Gasteiger partial charge on any atom is 0.427 e. The van der Waals surface area contributed by atoms with Crippen molar-refractivity contribution in [3.05, 3.63) is 53.8 Å². The van der Waals surface area contributed by atoms with Crippen molar-refractivity contribution in [2.24, 2.45) is 5.10 Å². The van der Waals surface area contributed by atoms with E-state index in [0.717, 1.165) is 0 Å². The summed E-state index contributed by atoms with van der Waals surface area (Å²) < 4.78 is 34.0. The molecular formula is C19H21FN2O5. The van der Waals surface area contributed by atoms with Gasteiger partial charge >= 0.3 is 6.09 Å². The maximum atomic E-state index is 12.9. The Morgan fingerprint density at radius 1 is 1.07 bits per heavy atom. The van der Waals surface area contributed by atoms with Gasteiger partial charge < -0.3 is 18.9 Å². The van der Waals surface area contributed by atoms with Gasteiger partial charge in [0.1, 0.15) is 24.8 Å². The van der Waals surface area contributed by atoms with Gasteiger partial charge in [-0.3, -0.25) is 0 Å². The molecular weight excluding hydrogens is 355 g/mol. The molecule has 0 atom stereocenters. The zero-order valence-electron chi connectivity index (χ0n) is 15.1. The van der Waals surface area contributed by atoms with Crippen LogP contribution in [0, 0.1) is 5.82 Å². The quantitative estimate of drug-likeness (QED) is 0.412. The van der Waals surface area contributed by atoms with Gasteiger partial charge in [-0.2, -0.15) is 5.10 Å². The maximum absolute atomic E-state index is 12.9. The summed E-state index contributed by atoms with van der Waals surface area (Å²) in [5.41, 5.74) is 2.92. The molecule has 0 aliphatic carbocycles. The summed E-state index contributed by atoms with van der Waals surface area (Å²) in [5, 5.41) is 3.77. The molecule has 2 rings (SSSR count). The van der Waals surface area contributed by atoms with Crippen molar-refractivity contribution in [3.63, 3.8) is 0 Å². The topological polar surface area (TPSA) is 78.4 Å². The van der Waals surface area contributed by atoms with Crippen LogP contribution >= 0.6 is 0 Å². The molecule has 0 saturated carbocycles. The summed E-state index contributed by atoms with van der Waals surface area (Å²) in [6, 6.07) is 11.0. The monoisotopic (exact) mass is 376 g/mol. The molecule has 2 aromatic rings. The fourth-order valence-corrected chi connectivity index (χ4v) is 2.04. The number of benzene rings is 2. The number of amides is 1. The van der Waals surface area contributed by atoms with E-state index in [-0.39, 0.29) is 12.4 Å². The van der Waals surface area contributed by atoms with Crippen molar-refractivity contribution in [3.8, 4) is 17.2 Å². The summed E-state index contributed by atoms with van der Waals surface area (Å²) in [4.78, 5) is 11.0. The number of rotatable bonds is 9. The number of nitrogens with zero attached hydrogens (tertiary/aromatic N) is 1. The van der Waals surface area contributed by atoms with Gasteiger partial charge in [0.2, 0.25) is 0 Å². The fourth-order valence-electron chi connectivity index (χ4n) is 2.04. The molecule has 0 heterocycles. The molecule has 0 bridgehead atoms. The number of hydrogen-bond donors (Lipinski definition) is 1. The zero-order chi connectivity index (χ0) is 19.5. The van der Waals surface area contributed by atoms with E-state index >= 15 is 0 Å². The summed E-state index contributed by atoms with van der Waals surface area (Å²) in [5.74, 6) is 1.35. The number of methoxy groups -OCH3 is 1. The number of hydrazone groups is 1. The van der Waals surface area contributed by atoms with E-state index in [4.69, 9.17) is 14.2 Å². The standard InChI is InChI=1S/C19H21FN2O5/c1-3-25-18-12-14(13-21-22-19(23)24-2)4-9-17(18)27-11-10-26-16-7-5-15(20)6-8-16/h4-9,12-13H,3,10-11H2,1-2H3,(H,22,23)/b21-13-. The van der Waals surface area contributed by atoms with Crippen LogP contribution in [0.3, 0.4) is 0 Å². The van der Waals surface area contributed by atoms with Gasteiger partial charge in [-0.15, -0.1) is 0 Å². The van der Waals surface area contributed by atoms with Crippen molar-refractivity contribution in [1.29, 1.82) is 0 Å². The first kappa shape index (κ1) is 20.0. The number of hydrogen-bond acceptors (Lipinski definition) is 6. The predicted octanol–water partition coefficient (Wildman–Crippen LogP) is 3.37. The SMILES string of the molecule is CCOc1cc(/C=N\NC(=O)OC)ccc1OCCOc1ccc(F)cc1. The van der Waals surface area contributed by atoms with Gasteiger partial charge in [-0.1, -0.05) is 0 Å². The largest absolute Gasteiger partial charge is 0.490 e. The Kier molecular flexibility index (Phi) is 7.90. The molecule has 8 heteroatoms. The Hall–Kier alpha value is -3.29. The number of halogens is 1. The minimum Gasteiger partial charge on any atom is -0.490 e. The number of carbonyl (C=O) groups excluding carboxylic acids is 1. The molecule has 7 nitrogen and oxygen atoms in total. The first-order chi connectivity index (χ1) is 13.1. The Bertz CT molecular complexity index is 765. The van der Waals surface area contributed by atoms with Gasteiger partial charge in [0.05, 0.1) is 19.9 Å². The van der Waals surface area contributed by atoms with E-state index < -0.39 is 6.09 Å². The Balaban J connectivity index is 1.90. The van der Waals surface area contributed by atoms with Gasteiger partial charge in [-0.05, 0) is 55.0 Å². The lowest BCUT2D eigenvalue weighted by atomic mass is 10.2. The Morgan fingerprint density at radius 3 is 2.52 bits per heavy atom. The number of carbonyl (C=O) groups is 1. The van der Waals surface area contributed by atoms with E-state index in [1.54, 1.807) is 30.3 Å². The zero-order valence-corrected chi connectivity index (χ0v) is 15.1. The first-order valence-corrected chi connectivity index (χ1v) is 8.27. The van der Waals surface area contributed by atoms with Crippen LogP contribution in [-0.4, -0.2) is 39.2 Å². The Morgan fingerprint density at radius 2 is 1.81 bits per heavy atom. The van der Waals surface area contributed by atoms with Crippen LogP contribution in [-0.2, 0) is 4.74 Å². The minimum atomic E-state index is -0.655. The van der Waals surface area contributed by atoms with Crippen molar-refractivity contribution < 1.29 is 28.1 Å². The summed E-state index contributed by atoms with van der Waals surface area (Å²) >= 11 is 0. The molecule has 0 aliphatic rings. The van der Waals surface area contributed by atoms with Crippen LogP contribution in [0.2, 0.25) is 0 Å². The highest BCUT2D eigenvalue weighted by atomic mass is 19.1. The van der Waals surface area contributed by atoms with E-state index in [9.17, 15) is 9.18 Å². The molecule has 27 heavy (non-hydrogen) atoms. The van der Waals surface area contributed by atoms with E-state index in [1.165, 1.54) is 25.5 Å². The molecule has 0 aromatic heterocycles. The van der Waals surface area contributed by atoms with Crippen LogP contribution in [0.1, 0.15) is 12.5 Å². The van der Waals surface area contributed by atoms with Gasteiger partial charge in [0, 0.05) is 0 Å². The van der Waals surface area contributed by atoms with Crippen molar-refractivity contribution in [2.45, 2.75) is 6.92 Å². The third-order valence-corrected chi connectivity index (χ3v) is 3.25. The summed E-state index contributed by atoms with van der Waals surface area (Å²) in [7, 11) is 1.25. The lowest BCUT2D eigenvalue weighted by Crippen LogP contribution is -2.16. The molecule has 0 saturated heterocycles. The second-order valence-corrected chi connectivity index (χ2v) is 5.15. The molecule has 0 unspecified atom stereocenters. The van der Waals surface area contributed by atoms with E-state index in [0.29, 0.717) is 36.0 Å². The van der Waals surface area contributed by atoms with Crippen molar-refractivity contribution >= 4 is 12.3 Å². The Labute approximate surface area is 156 Å². The first-order valence-electron chi connectivity index (χ1n) is 8.27. The second kappa shape index (κ2) is 10.6. The molecule has 1 amide bonds. The van der Waals surface area contributed by atoms with Gasteiger partial charge in [0.25, 0.3) is 0 Å². The van der Waals surface area contributed by atoms with E-state index in [2.05, 4.69) is 15.3 Å². The molecule has 0 fully saturated rings. The average molecular weight is 376 g/mol. The summed E-state index contributed by atoms with van der Waals surface area (Å²) in [6.07, 6.45) is 0.804. The van der Waals surface area contributed by atoms with Crippen molar-refractivity contribution in [2.75, 3.05) is 26.9 Å². The second-order valence-electron chi connectivity index (χ2n) is 5.15.